The third-order valence-electron chi connectivity index (χ3n) is 5.14. The van der Waals surface area contributed by atoms with Gasteiger partial charge in [0, 0.05) is 11.6 Å². The van der Waals surface area contributed by atoms with E-state index in [1.54, 1.807) is 37.3 Å². The Kier molecular flexibility index (Phi) is 7.18. The average Bonchev–Trinajstić information content (AvgIpc) is 2.64. The lowest BCUT2D eigenvalue weighted by atomic mass is 9.78. The van der Waals surface area contributed by atoms with Crippen molar-refractivity contribution >= 4 is 17.8 Å². The van der Waals surface area contributed by atoms with Crippen LogP contribution in [0.2, 0.25) is 0 Å². The zero-order valence-corrected chi connectivity index (χ0v) is 15.7. The number of hydrogen-bond donors (Lipinski definition) is 2. The highest BCUT2D eigenvalue weighted by atomic mass is 16.5. The lowest BCUT2D eigenvalue weighted by Crippen LogP contribution is -2.48. The van der Waals surface area contributed by atoms with E-state index >= 15 is 0 Å². The maximum Gasteiger partial charge on any atom is 0.326 e. The van der Waals surface area contributed by atoms with Gasteiger partial charge >= 0.3 is 5.97 Å². The SMILES string of the molecule is C[C@H]1[C@@H](NC(=O)[C@@H](C)OC(=O)CNC(=O)c2ccccc2)CCC[C@@H]1C. The fourth-order valence-corrected chi connectivity index (χ4v) is 3.22. The normalized spacial score (nSPS) is 23.6. The third-order valence-corrected chi connectivity index (χ3v) is 5.14. The van der Waals surface area contributed by atoms with Crippen molar-refractivity contribution in [2.24, 2.45) is 11.8 Å². The summed E-state index contributed by atoms with van der Waals surface area (Å²) in [5.74, 6) is -0.314. The molecule has 0 spiro atoms. The monoisotopic (exact) mass is 360 g/mol. The number of rotatable bonds is 6. The molecule has 6 nitrogen and oxygen atoms in total. The van der Waals surface area contributed by atoms with E-state index in [0.717, 1.165) is 12.8 Å². The lowest BCUT2D eigenvalue weighted by molar-refractivity contribution is -0.154. The van der Waals surface area contributed by atoms with Gasteiger partial charge in [0.25, 0.3) is 11.8 Å². The number of carbonyl (C=O) groups is 3. The Labute approximate surface area is 154 Å². The molecule has 2 N–H and O–H groups in total. The number of benzene rings is 1. The minimum absolute atomic E-state index is 0.116. The molecule has 2 amide bonds. The molecule has 2 rings (SSSR count). The van der Waals surface area contributed by atoms with E-state index in [4.69, 9.17) is 4.74 Å². The summed E-state index contributed by atoms with van der Waals surface area (Å²) in [6.07, 6.45) is 2.33. The van der Waals surface area contributed by atoms with Crippen molar-refractivity contribution in [3.8, 4) is 0 Å². The van der Waals surface area contributed by atoms with Crippen LogP contribution in [0.5, 0.6) is 0 Å². The van der Waals surface area contributed by atoms with Crippen LogP contribution in [0, 0.1) is 11.8 Å². The summed E-state index contributed by atoms with van der Waals surface area (Å²) in [5, 5.41) is 5.48. The summed E-state index contributed by atoms with van der Waals surface area (Å²) in [5.41, 5.74) is 0.464. The zero-order valence-electron chi connectivity index (χ0n) is 15.7. The fraction of sp³-hybridized carbons (Fsp3) is 0.550. The molecule has 0 heterocycles. The number of amides is 2. The molecular formula is C20H28N2O4. The predicted molar refractivity (Wildman–Crippen MR) is 98.4 cm³/mol. The number of ether oxygens (including phenoxy) is 1. The van der Waals surface area contributed by atoms with Gasteiger partial charge < -0.3 is 15.4 Å². The van der Waals surface area contributed by atoms with E-state index in [2.05, 4.69) is 24.5 Å². The Balaban J connectivity index is 1.75. The Hall–Kier alpha value is -2.37. The second-order valence-corrected chi connectivity index (χ2v) is 7.06. The topological polar surface area (TPSA) is 84.5 Å². The van der Waals surface area contributed by atoms with E-state index in [9.17, 15) is 14.4 Å². The molecule has 1 aromatic carbocycles. The van der Waals surface area contributed by atoms with E-state index in [1.165, 1.54) is 6.42 Å². The van der Waals surface area contributed by atoms with Gasteiger partial charge in [-0.3, -0.25) is 14.4 Å². The second-order valence-electron chi connectivity index (χ2n) is 7.06. The molecule has 0 radical (unpaired) electrons. The van der Waals surface area contributed by atoms with Gasteiger partial charge in [0.15, 0.2) is 6.10 Å². The molecule has 1 aromatic rings. The molecular weight excluding hydrogens is 332 g/mol. The van der Waals surface area contributed by atoms with E-state index < -0.39 is 12.1 Å². The highest BCUT2D eigenvalue weighted by Crippen LogP contribution is 2.29. The highest BCUT2D eigenvalue weighted by Gasteiger charge is 2.30. The first-order chi connectivity index (χ1) is 12.4. The summed E-state index contributed by atoms with van der Waals surface area (Å²) in [6, 6.07) is 8.72. The number of nitrogens with one attached hydrogen (secondary N) is 2. The van der Waals surface area contributed by atoms with Gasteiger partial charge in [-0.15, -0.1) is 0 Å². The van der Waals surface area contributed by atoms with Crippen molar-refractivity contribution in [2.45, 2.75) is 52.2 Å². The number of carbonyl (C=O) groups excluding carboxylic acids is 3. The first kappa shape index (κ1) is 19.9. The smallest absolute Gasteiger partial charge is 0.326 e. The van der Waals surface area contributed by atoms with Crippen LogP contribution in [0.3, 0.4) is 0 Å². The largest absolute Gasteiger partial charge is 0.451 e. The first-order valence-electron chi connectivity index (χ1n) is 9.21. The summed E-state index contributed by atoms with van der Waals surface area (Å²) in [4.78, 5) is 36.1. The molecule has 1 aliphatic carbocycles. The minimum Gasteiger partial charge on any atom is -0.451 e. The molecule has 0 bridgehead atoms. The lowest BCUT2D eigenvalue weighted by Gasteiger charge is -2.35. The van der Waals surface area contributed by atoms with Crippen molar-refractivity contribution in [3.63, 3.8) is 0 Å². The summed E-state index contributed by atoms with van der Waals surface area (Å²) in [6.45, 7) is 5.61. The van der Waals surface area contributed by atoms with E-state index in [0.29, 0.717) is 17.4 Å². The Morgan fingerprint density at radius 1 is 1.15 bits per heavy atom. The van der Waals surface area contributed by atoms with Gasteiger partial charge in [-0.05, 0) is 37.3 Å². The van der Waals surface area contributed by atoms with Gasteiger partial charge in [-0.25, -0.2) is 0 Å². The van der Waals surface area contributed by atoms with Crippen LogP contribution in [0.1, 0.15) is 50.4 Å². The first-order valence-corrected chi connectivity index (χ1v) is 9.21. The average molecular weight is 360 g/mol. The fourth-order valence-electron chi connectivity index (χ4n) is 3.22. The van der Waals surface area contributed by atoms with Crippen LogP contribution >= 0.6 is 0 Å². The Morgan fingerprint density at radius 3 is 2.54 bits per heavy atom. The second kappa shape index (κ2) is 9.36. The molecule has 1 saturated carbocycles. The van der Waals surface area contributed by atoms with Gasteiger partial charge in [0.05, 0.1) is 0 Å². The molecule has 1 aliphatic rings. The molecule has 1 fully saturated rings. The van der Waals surface area contributed by atoms with Crippen molar-refractivity contribution in [1.29, 1.82) is 0 Å². The molecule has 0 saturated heterocycles. The zero-order chi connectivity index (χ0) is 19.1. The maximum absolute atomic E-state index is 12.3. The number of hydrogen-bond acceptors (Lipinski definition) is 4. The highest BCUT2D eigenvalue weighted by molar-refractivity contribution is 5.96. The standard InChI is InChI=1S/C20H28N2O4/c1-13-8-7-11-17(14(13)2)22-19(24)15(3)26-18(23)12-21-20(25)16-9-5-4-6-10-16/h4-6,9-10,13-15,17H,7-8,11-12H2,1-3H3,(H,21,25)(H,22,24)/t13-,14+,15+,17-/m0/s1. The van der Waals surface area contributed by atoms with Crippen molar-refractivity contribution in [2.75, 3.05) is 6.54 Å². The van der Waals surface area contributed by atoms with Gasteiger partial charge in [-0.2, -0.15) is 0 Å². The molecule has 26 heavy (non-hydrogen) atoms. The van der Waals surface area contributed by atoms with E-state index in [-0.39, 0.29) is 24.4 Å². The summed E-state index contributed by atoms with van der Waals surface area (Å²) >= 11 is 0. The molecule has 6 heteroatoms. The summed E-state index contributed by atoms with van der Waals surface area (Å²) < 4.78 is 5.14. The van der Waals surface area contributed by atoms with Gasteiger partial charge in [-0.1, -0.05) is 44.9 Å². The quantitative estimate of drug-likeness (QED) is 0.763. The maximum atomic E-state index is 12.3. The predicted octanol–water partition coefficient (Wildman–Crippen LogP) is 2.29. The van der Waals surface area contributed by atoms with Crippen LogP contribution in [-0.2, 0) is 14.3 Å². The molecule has 0 aliphatic heterocycles. The minimum atomic E-state index is -0.888. The molecule has 4 atom stereocenters. The van der Waals surface area contributed by atoms with Crippen molar-refractivity contribution in [3.05, 3.63) is 35.9 Å². The third kappa shape index (κ3) is 5.58. The van der Waals surface area contributed by atoms with Crippen LogP contribution < -0.4 is 10.6 Å². The van der Waals surface area contributed by atoms with Crippen LogP contribution in [0.25, 0.3) is 0 Å². The molecule has 0 unspecified atom stereocenters. The van der Waals surface area contributed by atoms with Crippen LogP contribution in [-0.4, -0.2) is 36.5 Å². The molecule has 0 aromatic heterocycles. The number of esters is 1. The van der Waals surface area contributed by atoms with Crippen LogP contribution in [0.15, 0.2) is 30.3 Å². The van der Waals surface area contributed by atoms with Crippen molar-refractivity contribution < 1.29 is 19.1 Å². The Bertz CT molecular complexity index is 632. The van der Waals surface area contributed by atoms with Gasteiger partial charge in [0.2, 0.25) is 0 Å². The summed E-state index contributed by atoms with van der Waals surface area (Å²) in [7, 11) is 0. The van der Waals surface area contributed by atoms with E-state index in [1.807, 2.05) is 0 Å². The van der Waals surface area contributed by atoms with Crippen molar-refractivity contribution in [1.82, 2.24) is 10.6 Å². The molecule has 142 valence electrons. The van der Waals surface area contributed by atoms with Crippen LogP contribution in [0.4, 0.5) is 0 Å². The Morgan fingerprint density at radius 2 is 1.85 bits per heavy atom. The van der Waals surface area contributed by atoms with Gasteiger partial charge in [0.1, 0.15) is 6.54 Å².